The summed E-state index contributed by atoms with van der Waals surface area (Å²) in [4.78, 5) is 28.0. The van der Waals surface area contributed by atoms with E-state index in [0.29, 0.717) is 34.2 Å². The highest BCUT2D eigenvalue weighted by atomic mass is 32.1. The second kappa shape index (κ2) is 8.02. The number of hydrogen-bond acceptors (Lipinski definition) is 7. The smallest absolute Gasteiger partial charge is 0.292 e. The lowest BCUT2D eigenvalue weighted by Gasteiger charge is -2.23. The van der Waals surface area contributed by atoms with Crippen LogP contribution in [0.3, 0.4) is 0 Å². The van der Waals surface area contributed by atoms with Gasteiger partial charge in [0.05, 0.1) is 21.7 Å². The van der Waals surface area contributed by atoms with E-state index in [2.05, 4.69) is 4.99 Å². The van der Waals surface area contributed by atoms with Crippen molar-refractivity contribution in [1.29, 1.82) is 0 Å². The molecule has 0 saturated heterocycles. The summed E-state index contributed by atoms with van der Waals surface area (Å²) < 4.78 is 18.9. The Labute approximate surface area is 168 Å². The van der Waals surface area contributed by atoms with Crippen molar-refractivity contribution >= 4 is 33.1 Å². The highest BCUT2D eigenvalue weighted by molar-refractivity contribution is 7.16. The number of nitro benzene ring substituents is 1. The molecule has 1 aliphatic heterocycles. The van der Waals surface area contributed by atoms with Gasteiger partial charge in [0.2, 0.25) is 6.10 Å². The molecule has 0 unspecified atom stereocenters. The van der Waals surface area contributed by atoms with Gasteiger partial charge in [-0.15, -0.1) is 0 Å². The molecule has 2 aromatic carbocycles. The molecule has 1 aromatic heterocycles. The summed E-state index contributed by atoms with van der Waals surface area (Å²) in [6, 6.07) is 11.7. The van der Waals surface area contributed by atoms with Gasteiger partial charge in [-0.1, -0.05) is 23.5 Å². The molecule has 1 atom stereocenters. The summed E-state index contributed by atoms with van der Waals surface area (Å²) in [5.74, 6) is 0.596. The molecule has 0 spiro atoms. The second-order valence-electron chi connectivity index (χ2n) is 6.25. The fourth-order valence-corrected chi connectivity index (χ4v) is 4.06. The maximum absolute atomic E-state index is 12.7. The SMILES string of the molecule is COCCn1c(=NC(=O)[C@H]2COc3ccccc3O2)sc2cc([N+](=O)[O-])ccc21. The van der Waals surface area contributed by atoms with Crippen LogP contribution in [0.1, 0.15) is 0 Å². The van der Waals surface area contributed by atoms with E-state index in [1.165, 1.54) is 23.5 Å². The van der Waals surface area contributed by atoms with Gasteiger partial charge in [0.1, 0.15) is 6.61 Å². The van der Waals surface area contributed by atoms with Gasteiger partial charge in [0, 0.05) is 25.8 Å². The largest absolute Gasteiger partial charge is 0.485 e. The first kappa shape index (κ1) is 19.1. The van der Waals surface area contributed by atoms with Crippen LogP contribution in [-0.2, 0) is 16.1 Å². The normalized spacial score (nSPS) is 16.2. The minimum atomic E-state index is -0.861. The highest BCUT2D eigenvalue weighted by Crippen LogP contribution is 2.31. The molecule has 29 heavy (non-hydrogen) atoms. The summed E-state index contributed by atoms with van der Waals surface area (Å²) in [5.41, 5.74) is 0.728. The Morgan fingerprint density at radius 1 is 1.34 bits per heavy atom. The minimum Gasteiger partial charge on any atom is -0.485 e. The summed E-state index contributed by atoms with van der Waals surface area (Å²) in [6.07, 6.45) is -0.861. The van der Waals surface area contributed by atoms with Crippen molar-refractivity contribution in [3.8, 4) is 11.5 Å². The third-order valence-corrected chi connectivity index (χ3v) is 5.43. The lowest BCUT2D eigenvalue weighted by Crippen LogP contribution is -2.37. The Kier molecular flexibility index (Phi) is 5.28. The Bertz CT molecular complexity index is 1150. The van der Waals surface area contributed by atoms with Crippen LogP contribution in [-0.4, -0.2) is 41.8 Å². The fourth-order valence-electron chi connectivity index (χ4n) is 2.97. The van der Waals surface area contributed by atoms with Crippen LogP contribution in [0.15, 0.2) is 47.5 Å². The van der Waals surface area contributed by atoms with Crippen LogP contribution in [0.4, 0.5) is 5.69 Å². The Morgan fingerprint density at radius 3 is 2.90 bits per heavy atom. The Hall–Kier alpha value is -3.24. The van der Waals surface area contributed by atoms with Crippen molar-refractivity contribution in [2.75, 3.05) is 20.3 Å². The number of benzene rings is 2. The molecule has 0 aliphatic carbocycles. The molecular weight excluding hydrogens is 398 g/mol. The van der Waals surface area contributed by atoms with Gasteiger partial charge in [-0.2, -0.15) is 4.99 Å². The number of amides is 1. The van der Waals surface area contributed by atoms with Crippen molar-refractivity contribution in [2.45, 2.75) is 12.6 Å². The molecular formula is C19H17N3O6S. The molecule has 0 fully saturated rings. The lowest BCUT2D eigenvalue weighted by atomic mass is 10.2. The van der Waals surface area contributed by atoms with Gasteiger partial charge >= 0.3 is 0 Å². The van der Waals surface area contributed by atoms with Crippen LogP contribution in [0.2, 0.25) is 0 Å². The average Bonchev–Trinajstić information content (AvgIpc) is 3.07. The summed E-state index contributed by atoms with van der Waals surface area (Å²) in [6.45, 7) is 0.916. The zero-order chi connectivity index (χ0) is 20.4. The number of ether oxygens (including phenoxy) is 3. The van der Waals surface area contributed by atoms with E-state index >= 15 is 0 Å². The third kappa shape index (κ3) is 3.84. The topological polar surface area (TPSA) is 105 Å². The molecule has 0 radical (unpaired) electrons. The summed E-state index contributed by atoms with van der Waals surface area (Å²) >= 11 is 1.20. The maximum atomic E-state index is 12.7. The van der Waals surface area contributed by atoms with E-state index in [1.54, 1.807) is 31.4 Å². The predicted molar refractivity (Wildman–Crippen MR) is 105 cm³/mol. The van der Waals surface area contributed by atoms with Crippen molar-refractivity contribution < 1.29 is 23.9 Å². The molecule has 2 heterocycles. The summed E-state index contributed by atoms with van der Waals surface area (Å²) in [5, 5.41) is 11.1. The zero-order valence-corrected chi connectivity index (χ0v) is 16.3. The predicted octanol–water partition coefficient (Wildman–Crippen LogP) is 2.52. The fraction of sp³-hybridized carbons (Fsp3) is 0.263. The van der Waals surface area contributed by atoms with Crippen LogP contribution in [0, 0.1) is 10.1 Å². The van der Waals surface area contributed by atoms with Gasteiger partial charge in [0.15, 0.2) is 16.3 Å². The molecule has 1 amide bonds. The van der Waals surface area contributed by atoms with Crippen LogP contribution < -0.4 is 14.3 Å². The van der Waals surface area contributed by atoms with Gasteiger partial charge in [0.25, 0.3) is 11.6 Å². The standard InChI is InChI=1S/C19H17N3O6S/c1-26-9-8-21-13-7-6-12(22(24)25)10-17(13)29-19(21)20-18(23)16-11-27-14-4-2-3-5-15(14)28-16/h2-7,10,16H,8-9,11H2,1H3/t16-/m1/s1. The second-order valence-corrected chi connectivity index (χ2v) is 7.26. The van der Waals surface area contributed by atoms with Gasteiger partial charge in [-0.3, -0.25) is 14.9 Å². The highest BCUT2D eigenvalue weighted by Gasteiger charge is 2.27. The van der Waals surface area contributed by atoms with Crippen molar-refractivity contribution in [3.63, 3.8) is 0 Å². The number of carbonyl (C=O) groups is 1. The van der Waals surface area contributed by atoms with Crippen molar-refractivity contribution in [3.05, 3.63) is 57.4 Å². The van der Waals surface area contributed by atoms with Gasteiger partial charge < -0.3 is 18.8 Å². The molecule has 0 N–H and O–H groups in total. The molecule has 4 rings (SSSR count). The van der Waals surface area contributed by atoms with E-state index in [9.17, 15) is 14.9 Å². The van der Waals surface area contributed by atoms with E-state index in [-0.39, 0.29) is 12.3 Å². The van der Waals surface area contributed by atoms with Crippen molar-refractivity contribution in [1.82, 2.24) is 4.57 Å². The molecule has 150 valence electrons. The van der Waals surface area contributed by atoms with E-state index in [1.807, 2.05) is 10.6 Å². The number of carbonyl (C=O) groups excluding carboxylic acids is 1. The monoisotopic (exact) mass is 415 g/mol. The molecule has 0 bridgehead atoms. The molecule has 0 saturated carbocycles. The maximum Gasteiger partial charge on any atom is 0.292 e. The number of thiazole rings is 1. The number of methoxy groups -OCH3 is 1. The average molecular weight is 415 g/mol. The van der Waals surface area contributed by atoms with Crippen molar-refractivity contribution in [2.24, 2.45) is 4.99 Å². The first-order chi connectivity index (χ1) is 14.1. The number of para-hydroxylation sites is 2. The number of hydrogen-bond donors (Lipinski definition) is 0. The Balaban J connectivity index is 1.70. The molecule has 10 heteroatoms. The molecule has 9 nitrogen and oxygen atoms in total. The van der Waals surface area contributed by atoms with Crippen LogP contribution in [0.25, 0.3) is 10.2 Å². The molecule has 1 aliphatic rings. The number of nitrogens with zero attached hydrogens (tertiary/aromatic N) is 3. The number of fused-ring (bicyclic) bond motifs is 2. The van der Waals surface area contributed by atoms with E-state index < -0.39 is 16.9 Å². The van der Waals surface area contributed by atoms with E-state index in [4.69, 9.17) is 14.2 Å². The third-order valence-electron chi connectivity index (χ3n) is 4.39. The first-order valence-electron chi connectivity index (χ1n) is 8.80. The number of non-ortho nitro benzene ring substituents is 1. The zero-order valence-electron chi connectivity index (χ0n) is 15.4. The Morgan fingerprint density at radius 2 is 2.14 bits per heavy atom. The van der Waals surface area contributed by atoms with Gasteiger partial charge in [-0.05, 0) is 18.2 Å². The number of rotatable bonds is 5. The van der Waals surface area contributed by atoms with Crippen LogP contribution in [0.5, 0.6) is 11.5 Å². The minimum absolute atomic E-state index is 0.0175. The van der Waals surface area contributed by atoms with E-state index in [0.717, 1.165) is 5.52 Å². The quantitative estimate of drug-likeness (QED) is 0.468. The van der Waals surface area contributed by atoms with Gasteiger partial charge in [-0.25, -0.2) is 0 Å². The molecule has 3 aromatic rings. The number of nitro groups is 1. The lowest BCUT2D eigenvalue weighted by molar-refractivity contribution is -0.384. The first-order valence-corrected chi connectivity index (χ1v) is 9.62. The summed E-state index contributed by atoms with van der Waals surface area (Å²) in [7, 11) is 1.58. The number of aromatic nitrogens is 1. The van der Waals surface area contributed by atoms with Crippen LogP contribution >= 0.6 is 11.3 Å².